The lowest BCUT2D eigenvalue weighted by atomic mass is 10.1. The van der Waals surface area contributed by atoms with E-state index < -0.39 is 0 Å². The molecule has 0 spiro atoms. The van der Waals surface area contributed by atoms with Gasteiger partial charge in [0.15, 0.2) is 5.15 Å². The Labute approximate surface area is 127 Å². The van der Waals surface area contributed by atoms with E-state index in [2.05, 4.69) is 15.3 Å². The van der Waals surface area contributed by atoms with Crippen molar-refractivity contribution in [2.24, 2.45) is 0 Å². The molecule has 4 nitrogen and oxygen atoms in total. The smallest absolute Gasteiger partial charge is 0.224 e. The number of carbonyl (C=O) groups excluding carboxylic acids is 1. The highest BCUT2D eigenvalue weighted by Gasteiger charge is 2.09. The summed E-state index contributed by atoms with van der Waals surface area (Å²) in [5.74, 6) is -0.114. The first kappa shape index (κ1) is 14.8. The van der Waals surface area contributed by atoms with E-state index in [1.165, 1.54) is 12.4 Å². The summed E-state index contributed by atoms with van der Waals surface area (Å²) in [5, 5.41) is 3.72. The average molecular weight is 310 g/mol. The predicted octanol–water partition coefficient (Wildman–Crippen LogP) is 2.95. The monoisotopic (exact) mass is 309 g/mol. The molecule has 0 saturated carbocycles. The summed E-state index contributed by atoms with van der Waals surface area (Å²) in [6.45, 7) is 2.15. The second-order valence-electron chi connectivity index (χ2n) is 4.27. The summed E-state index contributed by atoms with van der Waals surface area (Å²) < 4.78 is 0. The van der Waals surface area contributed by atoms with Gasteiger partial charge in [-0.05, 0) is 24.1 Å². The molecule has 0 unspecified atom stereocenters. The maximum atomic E-state index is 11.9. The quantitative estimate of drug-likeness (QED) is 0.944. The predicted molar refractivity (Wildman–Crippen MR) is 78.8 cm³/mol. The van der Waals surface area contributed by atoms with Crippen molar-refractivity contribution in [3.05, 3.63) is 57.6 Å². The van der Waals surface area contributed by atoms with Crippen molar-refractivity contribution in [1.29, 1.82) is 0 Å². The van der Waals surface area contributed by atoms with Gasteiger partial charge in [0.05, 0.1) is 18.7 Å². The van der Waals surface area contributed by atoms with E-state index >= 15 is 0 Å². The first-order valence-electron chi connectivity index (χ1n) is 6.04. The number of nitrogens with one attached hydrogen (secondary N) is 1. The molecule has 1 N–H and O–H groups in total. The topological polar surface area (TPSA) is 54.9 Å². The Morgan fingerprint density at radius 2 is 2.00 bits per heavy atom. The van der Waals surface area contributed by atoms with E-state index in [1.807, 2.05) is 19.1 Å². The number of amides is 1. The summed E-state index contributed by atoms with van der Waals surface area (Å²) in [7, 11) is 0. The summed E-state index contributed by atoms with van der Waals surface area (Å²) in [6, 6.07) is 5.52. The van der Waals surface area contributed by atoms with Crippen LogP contribution < -0.4 is 5.32 Å². The zero-order valence-electron chi connectivity index (χ0n) is 10.9. The molecule has 1 heterocycles. The van der Waals surface area contributed by atoms with Crippen molar-refractivity contribution < 1.29 is 4.79 Å². The average Bonchev–Trinajstić information content (AvgIpc) is 2.43. The van der Waals surface area contributed by atoms with Crippen molar-refractivity contribution in [3.63, 3.8) is 0 Å². The van der Waals surface area contributed by atoms with Gasteiger partial charge in [-0.2, -0.15) is 0 Å². The number of halogens is 2. The molecule has 0 aliphatic carbocycles. The largest absolute Gasteiger partial charge is 0.350 e. The minimum atomic E-state index is -0.114. The summed E-state index contributed by atoms with van der Waals surface area (Å²) in [6.07, 6.45) is 3.31. The Balaban J connectivity index is 1.96. The van der Waals surface area contributed by atoms with E-state index in [1.54, 1.807) is 6.07 Å². The van der Waals surface area contributed by atoms with Gasteiger partial charge in [-0.3, -0.25) is 9.78 Å². The number of carbonyl (C=O) groups is 1. The fraction of sp³-hybridized carbons (Fsp3) is 0.214. The van der Waals surface area contributed by atoms with Gasteiger partial charge in [0.1, 0.15) is 0 Å². The molecule has 1 aromatic heterocycles. The molecule has 104 valence electrons. The number of hydrogen-bond donors (Lipinski definition) is 1. The zero-order valence-corrected chi connectivity index (χ0v) is 12.4. The molecule has 0 aliphatic heterocycles. The lowest BCUT2D eigenvalue weighted by molar-refractivity contribution is -0.120. The van der Waals surface area contributed by atoms with Gasteiger partial charge in [-0.1, -0.05) is 35.3 Å². The van der Waals surface area contributed by atoms with Crippen LogP contribution in [0.4, 0.5) is 0 Å². The zero-order chi connectivity index (χ0) is 14.5. The first-order valence-corrected chi connectivity index (χ1v) is 6.79. The second kappa shape index (κ2) is 6.68. The van der Waals surface area contributed by atoms with Gasteiger partial charge in [-0.25, -0.2) is 4.98 Å². The van der Waals surface area contributed by atoms with E-state index in [-0.39, 0.29) is 18.9 Å². The highest BCUT2D eigenvalue weighted by Crippen LogP contribution is 2.19. The molecule has 0 radical (unpaired) electrons. The van der Waals surface area contributed by atoms with E-state index in [0.29, 0.717) is 15.9 Å². The maximum absolute atomic E-state index is 11.9. The van der Waals surface area contributed by atoms with E-state index in [4.69, 9.17) is 23.2 Å². The molecule has 6 heteroatoms. The maximum Gasteiger partial charge on any atom is 0.224 e. The van der Waals surface area contributed by atoms with Crippen molar-refractivity contribution in [3.8, 4) is 0 Å². The van der Waals surface area contributed by atoms with Crippen LogP contribution in [0.25, 0.3) is 0 Å². The molecule has 2 aromatic rings. The molecule has 0 fully saturated rings. The Hall–Kier alpha value is -1.65. The van der Waals surface area contributed by atoms with Gasteiger partial charge in [0.25, 0.3) is 0 Å². The molecule has 2 rings (SSSR count). The van der Waals surface area contributed by atoms with Gasteiger partial charge in [-0.15, -0.1) is 0 Å². The highest BCUT2D eigenvalue weighted by atomic mass is 35.5. The molecular formula is C14H13Cl2N3O. The van der Waals surface area contributed by atoms with Crippen LogP contribution in [0.5, 0.6) is 0 Å². The van der Waals surface area contributed by atoms with Crippen molar-refractivity contribution in [2.45, 2.75) is 19.9 Å². The molecule has 20 heavy (non-hydrogen) atoms. The molecule has 0 saturated heterocycles. The Bertz CT molecular complexity index is 632. The van der Waals surface area contributed by atoms with Crippen LogP contribution in [-0.4, -0.2) is 15.9 Å². The molecule has 0 aliphatic rings. The summed E-state index contributed by atoms with van der Waals surface area (Å²) >= 11 is 11.9. The van der Waals surface area contributed by atoms with Crippen LogP contribution in [0.3, 0.4) is 0 Å². The molecule has 1 amide bonds. The SMILES string of the molecule is Cc1c(Cl)cccc1CC(=O)NCc1nccnc1Cl. The molecule has 0 atom stereocenters. The van der Waals surface area contributed by atoms with E-state index in [9.17, 15) is 4.79 Å². The summed E-state index contributed by atoms with van der Waals surface area (Å²) in [5.41, 5.74) is 2.37. The number of rotatable bonds is 4. The lowest BCUT2D eigenvalue weighted by Crippen LogP contribution is -2.25. The van der Waals surface area contributed by atoms with Crippen LogP contribution in [0.1, 0.15) is 16.8 Å². The van der Waals surface area contributed by atoms with Crippen LogP contribution in [0.2, 0.25) is 10.2 Å². The number of nitrogens with zero attached hydrogens (tertiary/aromatic N) is 2. The Morgan fingerprint density at radius 1 is 1.25 bits per heavy atom. The van der Waals surface area contributed by atoms with Gasteiger partial charge >= 0.3 is 0 Å². The van der Waals surface area contributed by atoms with Crippen molar-refractivity contribution >= 4 is 29.1 Å². The van der Waals surface area contributed by atoms with Gasteiger partial charge < -0.3 is 5.32 Å². The van der Waals surface area contributed by atoms with E-state index in [0.717, 1.165) is 11.1 Å². The fourth-order valence-corrected chi connectivity index (χ4v) is 2.10. The van der Waals surface area contributed by atoms with Crippen molar-refractivity contribution in [2.75, 3.05) is 0 Å². The van der Waals surface area contributed by atoms with Crippen LogP contribution in [0, 0.1) is 6.92 Å². The highest BCUT2D eigenvalue weighted by molar-refractivity contribution is 6.31. The Kier molecular flexibility index (Phi) is 4.93. The Morgan fingerprint density at radius 3 is 2.75 bits per heavy atom. The summed E-state index contributed by atoms with van der Waals surface area (Å²) in [4.78, 5) is 19.9. The minimum Gasteiger partial charge on any atom is -0.350 e. The standard InChI is InChI=1S/C14H13Cl2N3O/c1-9-10(3-2-4-11(9)15)7-13(20)19-8-12-14(16)18-6-5-17-12/h2-6H,7-8H2,1H3,(H,19,20). The number of hydrogen-bond acceptors (Lipinski definition) is 3. The molecular weight excluding hydrogens is 297 g/mol. The fourth-order valence-electron chi connectivity index (χ4n) is 1.73. The minimum absolute atomic E-state index is 0.114. The normalized spacial score (nSPS) is 10.3. The lowest BCUT2D eigenvalue weighted by Gasteiger charge is -2.08. The number of benzene rings is 1. The first-order chi connectivity index (χ1) is 9.58. The van der Waals surface area contributed by atoms with Gasteiger partial charge in [0.2, 0.25) is 5.91 Å². The third kappa shape index (κ3) is 3.68. The molecule has 1 aromatic carbocycles. The van der Waals surface area contributed by atoms with Crippen LogP contribution in [-0.2, 0) is 17.8 Å². The van der Waals surface area contributed by atoms with Crippen molar-refractivity contribution in [1.82, 2.24) is 15.3 Å². The van der Waals surface area contributed by atoms with Crippen LogP contribution >= 0.6 is 23.2 Å². The second-order valence-corrected chi connectivity index (χ2v) is 5.04. The number of aromatic nitrogens is 2. The molecule has 0 bridgehead atoms. The third-order valence-electron chi connectivity index (χ3n) is 2.91. The van der Waals surface area contributed by atoms with Crippen LogP contribution in [0.15, 0.2) is 30.6 Å². The third-order valence-corrected chi connectivity index (χ3v) is 3.63. The van der Waals surface area contributed by atoms with Gasteiger partial charge in [0, 0.05) is 17.4 Å².